The molecule has 0 bridgehead atoms. The summed E-state index contributed by atoms with van der Waals surface area (Å²) in [5.41, 5.74) is 3.51. The number of hydrogen-bond acceptors (Lipinski definition) is 6. The summed E-state index contributed by atoms with van der Waals surface area (Å²) >= 11 is 0. The van der Waals surface area contributed by atoms with Gasteiger partial charge in [0.2, 0.25) is 0 Å². The van der Waals surface area contributed by atoms with Gasteiger partial charge < -0.3 is 24.1 Å². The largest absolute Gasteiger partial charge is 0.385 e. The van der Waals surface area contributed by atoms with Gasteiger partial charge in [-0.1, -0.05) is 36.8 Å². The molecule has 0 radical (unpaired) electrons. The van der Waals surface area contributed by atoms with Crippen LogP contribution in [0, 0.1) is 17.3 Å². The lowest BCUT2D eigenvalue weighted by molar-refractivity contribution is -0.246. The molecule has 1 aromatic carbocycles. The third-order valence-electron chi connectivity index (χ3n) is 9.91. The van der Waals surface area contributed by atoms with Crippen molar-refractivity contribution in [2.45, 2.75) is 81.9 Å². The van der Waals surface area contributed by atoms with E-state index < -0.39 is 17.7 Å². The van der Waals surface area contributed by atoms with Gasteiger partial charge in [-0.3, -0.25) is 4.79 Å². The zero-order valence-electron chi connectivity index (χ0n) is 21.8. The number of fused-ring (bicyclic) bond motifs is 4. The van der Waals surface area contributed by atoms with Crippen LogP contribution in [0.4, 0.5) is 0 Å². The number of carbonyl (C=O) groups excluding carboxylic acids is 1. The van der Waals surface area contributed by atoms with Gasteiger partial charge in [0, 0.05) is 64.6 Å². The number of allylic oxidation sites excluding steroid dienone is 1. The van der Waals surface area contributed by atoms with Crippen molar-refractivity contribution in [2.24, 2.45) is 17.3 Å². The highest BCUT2D eigenvalue weighted by Gasteiger charge is 2.60. The third kappa shape index (κ3) is 3.84. The summed E-state index contributed by atoms with van der Waals surface area (Å²) in [6.07, 6.45) is 5.57. The van der Waals surface area contributed by atoms with Crippen molar-refractivity contribution < 1.29 is 28.8 Å². The molecule has 4 aliphatic carbocycles. The van der Waals surface area contributed by atoms with Crippen LogP contribution in [-0.4, -0.2) is 50.7 Å². The van der Waals surface area contributed by atoms with E-state index in [-0.39, 0.29) is 11.3 Å². The fraction of sp³-hybridized carbons (Fsp3) is 0.690. The predicted molar refractivity (Wildman–Crippen MR) is 132 cm³/mol. The summed E-state index contributed by atoms with van der Waals surface area (Å²) in [4.78, 5) is 13.2. The van der Waals surface area contributed by atoms with Crippen LogP contribution < -0.4 is 0 Å². The molecule has 0 saturated heterocycles. The van der Waals surface area contributed by atoms with Crippen molar-refractivity contribution >= 4 is 5.78 Å². The first kappa shape index (κ1) is 25.1. The van der Waals surface area contributed by atoms with Crippen LogP contribution in [0.5, 0.6) is 0 Å². The highest BCUT2D eigenvalue weighted by Crippen LogP contribution is 2.64. The van der Waals surface area contributed by atoms with Crippen LogP contribution in [0.2, 0.25) is 0 Å². The Morgan fingerprint density at radius 3 is 2.29 bits per heavy atom. The molecule has 5 rings (SSSR count). The standard InChI is InChI=1S/C29H40O6/c1-27-16-21(18-6-8-19(9-7-18)26(32-2)33-3)25-20(22(27)10-11-24(27)30)12-14-28(31)17-29(34-4,35-5)15-13-23(25)28/h6-9,20-22,26,31H,10-17H2,1-5H3/t20?,21-,22?,27+,28-/m1/s1. The molecule has 6 heteroatoms. The molecule has 0 aromatic heterocycles. The molecule has 1 N–H and O–H groups in total. The Hall–Kier alpha value is -1.57. The van der Waals surface area contributed by atoms with Gasteiger partial charge in [-0.2, -0.15) is 0 Å². The van der Waals surface area contributed by atoms with Crippen LogP contribution in [0.1, 0.15) is 81.6 Å². The molecule has 192 valence electrons. The fourth-order valence-electron chi connectivity index (χ4n) is 8.03. The number of carbonyl (C=O) groups is 1. The molecule has 0 aliphatic heterocycles. The molecule has 0 heterocycles. The number of methoxy groups -OCH3 is 4. The highest BCUT2D eigenvalue weighted by molar-refractivity contribution is 5.87. The van der Waals surface area contributed by atoms with E-state index in [2.05, 4.69) is 31.2 Å². The summed E-state index contributed by atoms with van der Waals surface area (Å²) in [7, 11) is 6.62. The molecule has 2 unspecified atom stereocenters. The average molecular weight is 485 g/mol. The minimum absolute atomic E-state index is 0.111. The molecule has 0 amide bonds. The number of rotatable bonds is 6. The van der Waals surface area contributed by atoms with E-state index in [0.717, 1.165) is 37.7 Å². The molecule has 3 saturated carbocycles. The van der Waals surface area contributed by atoms with Crippen molar-refractivity contribution in [3.63, 3.8) is 0 Å². The quantitative estimate of drug-likeness (QED) is 0.449. The maximum absolute atomic E-state index is 13.2. The minimum Gasteiger partial charge on any atom is -0.385 e. The lowest BCUT2D eigenvalue weighted by atomic mass is 9.51. The summed E-state index contributed by atoms with van der Waals surface area (Å²) in [6.45, 7) is 2.20. The summed E-state index contributed by atoms with van der Waals surface area (Å²) < 4.78 is 22.4. The van der Waals surface area contributed by atoms with E-state index in [1.165, 1.54) is 16.7 Å². The first-order valence-corrected chi connectivity index (χ1v) is 13.0. The Balaban J connectivity index is 1.60. The SMILES string of the molecule is COC(OC)c1ccc([C@H]2C[C@]3(C)C(=O)CCC3C3CC[C@@]4(O)CC(OC)(OC)CCC4=C32)cc1. The van der Waals surface area contributed by atoms with Gasteiger partial charge in [-0.15, -0.1) is 0 Å². The maximum atomic E-state index is 13.2. The Kier molecular flexibility index (Phi) is 6.50. The Morgan fingerprint density at radius 1 is 0.971 bits per heavy atom. The smallest absolute Gasteiger partial charge is 0.183 e. The minimum atomic E-state index is -0.929. The van der Waals surface area contributed by atoms with E-state index in [1.54, 1.807) is 28.4 Å². The van der Waals surface area contributed by atoms with Gasteiger partial charge in [0.15, 0.2) is 12.1 Å². The summed E-state index contributed by atoms with van der Waals surface area (Å²) in [6, 6.07) is 8.44. The van der Waals surface area contributed by atoms with Crippen LogP contribution in [-0.2, 0) is 23.7 Å². The predicted octanol–water partition coefficient (Wildman–Crippen LogP) is 5.06. The van der Waals surface area contributed by atoms with Gasteiger partial charge in [0.05, 0.1) is 5.60 Å². The number of Topliss-reactive ketones (excluding diaryl/α,β-unsaturated/α-hetero) is 1. The molecule has 6 nitrogen and oxygen atoms in total. The van der Waals surface area contributed by atoms with Gasteiger partial charge in [0.25, 0.3) is 0 Å². The first-order valence-electron chi connectivity index (χ1n) is 13.0. The number of ether oxygens (including phenoxy) is 4. The van der Waals surface area contributed by atoms with E-state index in [9.17, 15) is 9.90 Å². The van der Waals surface area contributed by atoms with Crippen LogP contribution in [0.3, 0.4) is 0 Å². The molecule has 0 spiro atoms. The summed E-state index contributed by atoms with van der Waals surface area (Å²) in [5.74, 6) is 0.475. The van der Waals surface area contributed by atoms with Gasteiger partial charge in [0.1, 0.15) is 5.78 Å². The van der Waals surface area contributed by atoms with Crippen molar-refractivity contribution in [3.05, 3.63) is 46.5 Å². The van der Waals surface area contributed by atoms with Gasteiger partial charge in [-0.05, 0) is 55.1 Å². The third-order valence-corrected chi connectivity index (χ3v) is 9.91. The Bertz CT molecular complexity index is 991. The van der Waals surface area contributed by atoms with E-state index in [0.29, 0.717) is 36.9 Å². The van der Waals surface area contributed by atoms with Crippen molar-refractivity contribution in [2.75, 3.05) is 28.4 Å². The maximum Gasteiger partial charge on any atom is 0.183 e. The summed E-state index contributed by atoms with van der Waals surface area (Å²) in [5, 5.41) is 12.0. The zero-order valence-corrected chi connectivity index (χ0v) is 21.8. The molecule has 35 heavy (non-hydrogen) atoms. The van der Waals surface area contributed by atoms with Gasteiger partial charge in [-0.25, -0.2) is 0 Å². The normalized spacial score (nSPS) is 36.2. The van der Waals surface area contributed by atoms with Crippen LogP contribution in [0.15, 0.2) is 35.4 Å². The number of benzene rings is 1. The lowest BCUT2D eigenvalue weighted by Gasteiger charge is -2.55. The topological polar surface area (TPSA) is 74.2 Å². The molecule has 1 aromatic rings. The van der Waals surface area contributed by atoms with Crippen LogP contribution >= 0.6 is 0 Å². The van der Waals surface area contributed by atoms with Gasteiger partial charge >= 0.3 is 0 Å². The fourth-order valence-corrected chi connectivity index (χ4v) is 8.03. The second-order valence-electron chi connectivity index (χ2n) is 11.3. The zero-order chi connectivity index (χ0) is 25.0. The number of ketones is 1. The van der Waals surface area contributed by atoms with Crippen LogP contribution in [0.25, 0.3) is 0 Å². The molecule has 4 aliphatic rings. The Morgan fingerprint density at radius 2 is 1.66 bits per heavy atom. The van der Waals surface area contributed by atoms with Crippen molar-refractivity contribution in [1.82, 2.24) is 0 Å². The number of aliphatic hydroxyl groups is 1. The molecule has 5 atom stereocenters. The second-order valence-corrected chi connectivity index (χ2v) is 11.3. The monoisotopic (exact) mass is 484 g/mol. The molecular weight excluding hydrogens is 444 g/mol. The van der Waals surface area contributed by atoms with E-state index >= 15 is 0 Å². The average Bonchev–Trinajstić information content (AvgIpc) is 3.17. The Labute approximate surface area is 209 Å². The highest BCUT2D eigenvalue weighted by atomic mass is 16.7. The lowest BCUT2D eigenvalue weighted by Crippen LogP contribution is -2.54. The molecule has 3 fully saturated rings. The van der Waals surface area contributed by atoms with E-state index in [4.69, 9.17) is 18.9 Å². The first-order chi connectivity index (χ1) is 16.7. The van der Waals surface area contributed by atoms with E-state index in [1.807, 2.05) is 0 Å². The van der Waals surface area contributed by atoms with Crippen molar-refractivity contribution in [3.8, 4) is 0 Å². The number of hydrogen-bond donors (Lipinski definition) is 1. The second kappa shape index (κ2) is 9.07. The molecular formula is C29H40O6. The van der Waals surface area contributed by atoms with Crippen molar-refractivity contribution in [1.29, 1.82) is 0 Å².